The van der Waals surface area contributed by atoms with Crippen LogP contribution in [-0.4, -0.2) is 29.7 Å². The molecule has 2 rings (SSSR count). The molecule has 0 aliphatic heterocycles. The van der Waals surface area contributed by atoms with Crippen LogP contribution in [0.4, 0.5) is 0 Å². The molecule has 0 saturated heterocycles. The van der Waals surface area contributed by atoms with Crippen molar-refractivity contribution >= 4 is 17.2 Å². The summed E-state index contributed by atoms with van der Waals surface area (Å²) < 4.78 is 5.04. The van der Waals surface area contributed by atoms with Gasteiger partial charge in [0.05, 0.1) is 18.3 Å². The number of aliphatic hydroxyl groups is 1. The lowest BCUT2D eigenvalue weighted by molar-refractivity contribution is -0.129. The van der Waals surface area contributed by atoms with Crippen molar-refractivity contribution in [2.24, 2.45) is 0 Å². The molecule has 6 heteroatoms. The van der Waals surface area contributed by atoms with Gasteiger partial charge in [-0.1, -0.05) is 12.1 Å². The van der Waals surface area contributed by atoms with E-state index in [1.54, 1.807) is 48.2 Å². The topological polar surface area (TPSA) is 71.5 Å². The Morgan fingerprint density at radius 2 is 2.14 bits per heavy atom. The third-order valence-electron chi connectivity index (χ3n) is 3.18. The van der Waals surface area contributed by atoms with Crippen molar-refractivity contribution in [3.05, 3.63) is 45.9 Å². The van der Waals surface area contributed by atoms with Crippen LogP contribution in [0.2, 0.25) is 0 Å². The van der Waals surface area contributed by atoms with Crippen molar-refractivity contribution in [3.63, 3.8) is 0 Å². The number of ether oxygens (including phenoxy) is 1. The Kier molecular flexibility index (Phi) is 5.30. The van der Waals surface area contributed by atoms with Gasteiger partial charge in [-0.3, -0.25) is 4.79 Å². The van der Waals surface area contributed by atoms with Crippen LogP contribution in [0.25, 0.3) is 0 Å². The van der Waals surface area contributed by atoms with Gasteiger partial charge in [-0.2, -0.15) is 0 Å². The summed E-state index contributed by atoms with van der Waals surface area (Å²) in [5.74, 6) is 0.286. The van der Waals surface area contributed by atoms with E-state index in [1.807, 2.05) is 6.92 Å². The van der Waals surface area contributed by atoms with Gasteiger partial charge < -0.3 is 15.2 Å². The number of carbonyl (C=O) groups is 1. The predicted octanol–water partition coefficient (Wildman–Crippen LogP) is 1.85. The SMILES string of the molecule is COc1ccc([C@@H](O)C(=O)NCCc2scnc2C)cc1. The Balaban J connectivity index is 1.85. The van der Waals surface area contributed by atoms with Crippen molar-refractivity contribution < 1.29 is 14.6 Å². The van der Waals surface area contributed by atoms with E-state index in [9.17, 15) is 9.90 Å². The first-order valence-corrected chi connectivity index (χ1v) is 7.48. The number of nitrogens with one attached hydrogen (secondary N) is 1. The second kappa shape index (κ2) is 7.19. The zero-order chi connectivity index (χ0) is 15.2. The fraction of sp³-hybridized carbons (Fsp3) is 0.333. The van der Waals surface area contributed by atoms with E-state index < -0.39 is 12.0 Å². The monoisotopic (exact) mass is 306 g/mol. The highest BCUT2D eigenvalue weighted by molar-refractivity contribution is 7.09. The Morgan fingerprint density at radius 1 is 1.43 bits per heavy atom. The third-order valence-corrected chi connectivity index (χ3v) is 4.17. The maximum atomic E-state index is 11.9. The largest absolute Gasteiger partial charge is 0.497 e. The van der Waals surface area contributed by atoms with Gasteiger partial charge >= 0.3 is 0 Å². The summed E-state index contributed by atoms with van der Waals surface area (Å²) in [6, 6.07) is 6.78. The lowest BCUT2D eigenvalue weighted by Crippen LogP contribution is -2.30. The van der Waals surface area contributed by atoms with Crippen LogP contribution in [0, 0.1) is 6.92 Å². The average Bonchev–Trinajstić information content (AvgIpc) is 2.92. The molecule has 0 bridgehead atoms. The molecule has 1 aromatic heterocycles. The number of amides is 1. The molecule has 112 valence electrons. The van der Waals surface area contributed by atoms with Crippen LogP contribution in [0.3, 0.4) is 0 Å². The Bertz CT molecular complexity index is 595. The summed E-state index contributed by atoms with van der Waals surface area (Å²) >= 11 is 1.57. The fourth-order valence-electron chi connectivity index (χ4n) is 1.90. The molecule has 0 aliphatic carbocycles. The van der Waals surface area contributed by atoms with Gasteiger partial charge in [-0.25, -0.2) is 4.98 Å². The molecular formula is C15H18N2O3S. The molecular weight excluding hydrogens is 288 g/mol. The molecule has 1 atom stereocenters. The summed E-state index contributed by atoms with van der Waals surface area (Å²) in [5, 5.41) is 12.7. The van der Waals surface area contributed by atoms with E-state index in [0.717, 1.165) is 17.0 Å². The molecule has 2 aromatic rings. The lowest BCUT2D eigenvalue weighted by Gasteiger charge is -2.12. The molecule has 0 saturated carbocycles. The van der Waals surface area contributed by atoms with Crippen molar-refractivity contribution in [2.45, 2.75) is 19.4 Å². The van der Waals surface area contributed by atoms with Crippen molar-refractivity contribution in [2.75, 3.05) is 13.7 Å². The smallest absolute Gasteiger partial charge is 0.253 e. The molecule has 1 heterocycles. The highest BCUT2D eigenvalue weighted by atomic mass is 32.1. The van der Waals surface area contributed by atoms with Crippen LogP contribution in [0.1, 0.15) is 22.2 Å². The summed E-state index contributed by atoms with van der Waals surface area (Å²) in [6.07, 6.45) is -0.448. The zero-order valence-corrected chi connectivity index (χ0v) is 12.8. The van der Waals surface area contributed by atoms with Crippen molar-refractivity contribution in [1.82, 2.24) is 10.3 Å². The first-order valence-electron chi connectivity index (χ1n) is 6.60. The Labute approximate surface area is 127 Å². The van der Waals surface area contributed by atoms with Crippen molar-refractivity contribution in [1.29, 1.82) is 0 Å². The van der Waals surface area contributed by atoms with Gasteiger partial charge in [0.1, 0.15) is 5.75 Å². The Morgan fingerprint density at radius 3 is 2.71 bits per heavy atom. The van der Waals surface area contributed by atoms with Gasteiger partial charge in [-0.05, 0) is 24.6 Å². The van der Waals surface area contributed by atoms with Gasteiger partial charge in [0.15, 0.2) is 6.10 Å². The standard InChI is InChI=1S/C15H18N2O3S/c1-10-13(21-9-17-10)7-8-16-15(19)14(18)11-3-5-12(20-2)6-4-11/h3-6,9,14,18H,7-8H2,1-2H3,(H,16,19)/t14-/m1/s1. The number of benzene rings is 1. The number of aliphatic hydroxyl groups excluding tert-OH is 1. The fourth-order valence-corrected chi connectivity index (χ4v) is 2.68. The van der Waals surface area contributed by atoms with Crippen LogP contribution in [0.5, 0.6) is 5.75 Å². The number of carbonyl (C=O) groups excluding carboxylic acids is 1. The quantitative estimate of drug-likeness (QED) is 0.854. The van der Waals surface area contributed by atoms with E-state index in [1.165, 1.54) is 0 Å². The number of hydrogen-bond donors (Lipinski definition) is 2. The summed E-state index contributed by atoms with van der Waals surface area (Å²) in [6.45, 7) is 2.43. The molecule has 1 aromatic carbocycles. The number of thiazole rings is 1. The van der Waals surface area contributed by atoms with E-state index in [-0.39, 0.29) is 0 Å². The van der Waals surface area contributed by atoms with Crippen LogP contribution in [0.15, 0.2) is 29.8 Å². The molecule has 1 amide bonds. The first-order chi connectivity index (χ1) is 10.1. The molecule has 0 radical (unpaired) electrons. The second-order valence-electron chi connectivity index (χ2n) is 4.58. The van der Waals surface area contributed by atoms with E-state index in [2.05, 4.69) is 10.3 Å². The van der Waals surface area contributed by atoms with Gasteiger partial charge in [0.25, 0.3) is 5.91 Å². The number of hydrogen-bond acceptors (Lipinski definition) is 5. The molecule has 0 spiro atoms. The van der Waals surface area contributed by atoms with E-state index in [0.29, 0.717) is 17.9 Å². The van der Waals surface area contributed by atoms with Gasteiger partial charge in [-0.15, -0.1) is 11.3 Å². The Hall–Kier alpha value is -1.92. The summed E-state index contributed by atoms with van der Waals surface area (Å²) in [5.41, 5.74) is 3.32. The summed E-state index contributed by atoms with van der Waals surface area (Å²) in [4.78, 5) is 17.2. The number of aromatic nitrogens is 1. The second-order valence-corrected chi connectivity index (χ2v) is 5.52. The average molecular weight is 306 g/mol. The number of nitrogens with zero attached hydrogens (tertiary/aromatic N) is 1. The highest BCUT2D eigenvalue weighted by Crippen LogP contribution is 2.18. The third kappa shape index (κ3) is 4.03. The van der Waals surface area contributed by atoms with E-state index in [4.69, 9.17) is 4.74 Å². The minimum atomic E-state index is -1.17. The highest BCUT2D eigenvalue weighted by Gasteiger charge is 2.16. The molecule has 21 heavy (non-hydrogen) atoms. The summed E-state index contributed by atoms with van der Waals surface area (Å²) in [7, 11) is 1.57. The zero-order valence-electron chi connectivity index (χ0n) is 12.0. The molecule has 0 fully saturated rings. The first kappa shape index (κ1) is 15.5. The van der Waals surface area contributed by atoms with Gasteiger partial charge in [0.2, 0.25) is 0 Å². The molecule has 0 aliphatic rings. The minimum absolute atomic E-state index is 0.401. The normalized spacial score (nSPS) is 12.0. The number of methoxy groups -OCH3 is 1. The van der Waals surface area contributed by atoms with Crippen LogP contribution < -0.4 is 10.1 Å². The molecule has 0 unspecified atom stereocenters. The van der Waals surface area contributed by atoms with Crippen LogP contribution >= 0.6 is 11.3 Å². The molecule has 2 N–H and O–H groups in total. The molecule has 5 nitrogen and oxygen atoms in total. The minimum Gasteiger partial charge on any atom is -0.497 e. The van der Waals surface area contributed by atoms with E-state index >= 15 is 0 Å². The van der Waals surface area contributed by atoms with Crippen molar-refractivity contribution in [3.8, 4) is 5.75 Å². The van der Waals surface area contributed by atoms with Crippen LogP contribution in [-0.2, 0) is 11.2 Å². The predicted molar refractivity (Wildman–Crippen MR) is 81.5 cm³/mol. The number of rotatable bonds is 6. The van der Waals surface area contributed by atoms with Gasteiger partial charge in [0, 0.05) is 17.8 Å². The maximum Gasteiger partial charge on any atom is 0.253 e. The maximum absolute atomic E-state index is 11.9. The lowest BCUT2D eigenvalue weighted by atomic mass is 10.1. The number of aryl methyl sites for hydroxylation is 1.